The summed E-state index contributed by atoms with van der Waals surface area (Å²) in [7, 11) is 0. The zero-order valence-corrected chi connectivity index (χ0v) is 11.1. The highest BCUT2D eigenvalue weighted by Gasteiger charge is 2.55. The SMILES string of the molecule is CCN=C(NCC)N[C@@H]1[C@@H]2Cc3ccccc3[C@@H]21. The van der Waals surface area contributed by atoms with Crippen LogP contribution in [-0.4, -0.2) is 25.1 Å². The maximum Gasteiger partial charge on any atom is 0.191 e. The normalized spacial score (nSPS) is 28.6. The molecule has 2 aliphatic carbocycles. The standard InChI is InChI=1S/C15H21N3/c1-3-16-15(17-4-2)18-14-12-9-10-7-5-6-8-11(10)13(12)14/h5-8,12-14H,3-4,9H2,1-2H3,(H2,16,17,18)/t12-,13+,14-/m1/s1. The molecule has 0 unspecified atom stereocenters. The fourth-order valence-corrected chi connectivity index (χ4v) is 3.18. The third kappa shape index (κ3) is 1.88. The fourth-order valence-electron chi connectivity index (χ4n) is 3.18. The van der Waals surface area contributed by atoms with E-state index in [1.54, 1.807) is 11.1 Å². The third-order valence-corrected chi connectivity index (χ3v) is 4.00. The predicted molar refractivity (Wildman–Crippen MR) is 75.0 cm³/mol. The van der Waals surface area contributed by atoms with Crippen molar-refractivity contribution in [1.29, 1.82) is 0 Å². The molecular formula is C15H21N3. The number of hydrogen-bond acceptors (Lipinski definition) is 1. The lowest BCUT2D eigenvalue weighted by molar-refractivity contribution is 0.723. The van der Waals surface area contributed by atoms with E-state index in [2.05, 4.69) is 53.7 Å². The average molecular weight is 243 g/mol. The molecule has 3 heteroatoms. The van der Waals surface area contributed by atoms with Crippen LogP contribution in [0.1, 0.15) is 30.9 Å². The minimum Gasteiger partial charge on any atom is -0.357 e. The maximum absolute atomic E-state index is 4.47. The number of hydrogen-bond donors (Lipinski definition) is 2. The second-order valence-electron chi connectivity index (χ2n) is 5.12. The Bertz CT molecular complexity index is 467. The molecule has 3 rings (SSSR count). The largest absolute Gasteiger partial charge is 0.357 e. The van der Waals surface area contributed by atoms with Gasteiger partial charge in [0.15, 0.2) is 5.96 Å². The summed E-state index contributed by atoms with van der Waals surface area (Å²) in [5.74, 6) is 2.46. The van der Waals surface area contributed by atoms with Crippen LogP contribution in [0.25, 0.3) is 0 Å². The lowest BCUT2D eigenvalue weighted by atomic mass is 10.1. The van der Waals surface area contributed by atoms with Gasteiger partial charge in [0.2, 0.25) is 0 Å². The predicted octanol–water partition coefficient (Wildman–Crippen LogP) is 1.90. The van der Waals surface area contributed by atoms with Crippen molar-refractivity contribution in [3.8, 4) is 0 Å². The molecule has 1 saturated carbocycles. The van der Waals surface area contributed by atoms with Gasteiger partial charge in [-0.2, -0.15) is 0 Å². The Morgan fingerprint density at radius 3 is 2.94 bits per heavy atom. The van der Waals surface area contributed by atoms with E-state index in [4.69, 9.17) is 0 Å². The van der Waals surface area contributed by atoms with E-state index in [0.29, 0.717) is 12.0 Å². The number of aliphatic imine (C=N–C) groups is 1. The van der Waals surface area contributed by atoms with Crippen molar-refractivity contribution in [3.63, 3.8) is 0 Å². The topological polar surface area (TPSA) is 36.4 Å². The molecular weight excluding hydrogens is 222 g/mol. The Balaban J connectivity index is 1.67. The molecule has 1 fully saturated rings. The van der Waals surface area contributed by atoms with Crippen molar-refractivity contribution in [2.45, 2.75) is 32.2 Å². The Morgan fingerprint density at radius 2 is 2.17 bits per heavy atom. The van der Waals surface area contributed by atoms with Gasteiger partial charge in [0.05, 0.1) is 0 Å². The fraction of sp³-hybridized carbons (Fsp3) is 0.533. The van der Waals surface area contributed by atoms with Gasteiger partial charge in [0.25, 0.3) is 0 Å². The van der Waals surface area contributed by atoms with E-state index in [9.17, 15) is 0 Å². The summed E-state index contributed by atoms with van der Waals surface area (Å²) in [6, 6.07) is 9.44. The van der Waals surface area contributed by atoms with Gasteiger partial charge in [0.1, 0.15) is 0 Å². The summed E-state index contributed by atoms with van der Waals surface area (Å²) in [5.41, 5.74) is 3.09. The molecule has 96 valence electrons. The van der Waals surface area contributed by atoms with E-state index in [0.717, 1.165) is 25.0 Å². The third-order valence-electron chi connectivity index (χ3n) is 4.00. The van der Waals surface area contributed by atoms with Crippen LogP contribution in [0.5, 0.6) is 0 Å². The van der Waals surface area contributed by atoms with E-state index in [1.165, 1.54) is 6.42 Å². The molecule has 1 aromatic carbocycles. The summed E-state index contributed by atoms with van der Waals surface area (Å²) in [6.07, 6.45) is 1.23. The molecule has 0 radical (unpaired) electrons. The molecule has 0 aromatic heterocycles. The molecule has 0 spiro atoms. The van der Waals surface area contributed by atoms with Gasteiger partial charge in [-0.05, 0) is 37.3 Å². The molecule has 3 atom stereocenters. The highest BCUT2D eigenvalue weighted by molar-refractivity contribution is 5.81. The summed E-state index contributed by atoms with van der Waals surface area (Å²) in [4.78, 5) is 4.47. The smallest absolute Gasteiger partial charge is 0.191 e. The molecule has 3 nitrogen and oxygen atoms in total. The lowest BCUT2D eigenvalue weighted by Crippen LogP contribution is -2.40. The van der Waals surface area contributed by atoms with Crippen molar-refractivity contribution >= 4 is 5.96 Å². The van der Waals surface area contributed by atoms with Gasteiger partial charge in [0, 0.05) is 25.0 Å². The maximum atomic E-state index is 4.47. The first kappa shape index (κ1) is 11.6. The second-order valence-corrected chi connectivity index (χ2v) is 5.12. The Hall–Kier alpha value is -1.51. The van der Waals surface area contributed by atoms with Crippen LogP contribution in [0.3, 0.4) is 0 Å². The first-order valence-corrected chi connectivity index (χ1v) is 6.97. The van der Waals surface area contributed by atoms with E-state index >= 15 is 0 Å². The summed E-state index contributed by atoms with van der Waals surface area (Å²) >= 11 is 0. The second kappa shape index (κ2) is 4.63. The van der Waals surface area contributed by atoms with Crippen molar-refractivity contribution in [2.24, 2.45) is 10.9 Å². The summed E-state index contributed by atoms with van der Waals surface area (Å²) in [6.45, 7) is 5.93. The van der Waals surface area contributed by atoms with Gasteiger partial charge in [-0.15, -0.1) is 0 Å². The van der Waals surface area contributed by atoms with Crippen LogP contribution < -0.4 is 10.6 Å². The Labute approximate surface area is 109 Å². The molecule has 0 aliphatic heterocycles. The summed E-state index contributed by atoms with van der Waals surface area (Å²) in [5, 5.41) is 6.88. The van der Waals surface area contributed by atoms with Crippen molar-refractivity contribution in [2.75, 3.05) is 13.1 Å². The molecule has 0 heterocycles. The first-order chi connectivity index (χ1) is 8.85. The molecule has 18 heavy (non-hydrogen) atoms. The van der Waals surface area contributed by atoms with Gasteiger partial charge in [-0.25, -0.2) is 0 Å². The summed E-state index contributed by atoms with van der Waals surface area (Å²) < 4.78 is 0. The molecule has 0 saturated heterocycles. The average Bonchev–Trinajstić information content (AvgIpc) is 2.89. The molecule has 2 aliphatic rings. The number of fused-ring (bicyclic) bond motifs is 3. The van der Waals surface area contributed by atoms with Crippen molar-refractivity contribution < 1.29 is 0 Å². The monoisotopic (exact) mass is 243 g/mol. The van der Waals surface area contributed by atoms with Crippen LogP contribution in [0.15, 0.2) is 29.3 Å². The number of guanidine groups is 1. The highest BCUT2D eigenvalue weighted by atomic mass is 15.2. The van der Waals surface area contributed by atoms with Crippen LogP contribution >= 0.6 is 0 Å². The molecule has 2 N–H and O–H groups in total. The van der Waals surface area contributed by atoms with Gasteiger partial charge in [-0.3, -0.25) is 4.99 Å². The van der Waals surface area contributed by atoms with Crippen molar-refractivity contribution in [1.82, 2.24) is 10.6 Å². The van der Waals surface area contributed by atoms with Crippen LogP contribution in [0, 0.1) is 5.92 Å². The van der Waals surface area contributed by atoms with Crippen LogP contribution in [-0.2, 0) is 6.42 Å². The van der Waals surface area contributed by atoms with E-state index < -0.39 is 0 Å². The minimum absolute atomic E-state index is 0.587. The Kier molecular flexibility index (Phi) is 2.98. The van der Waals surface area contributed by atoms with Gasteiger partial charge in [-0.1, -0.05) is 24.3 Å². The highest BCUT2D eigenvalue weighted by Crippen LogP contribution is 2.56. The van der Waals surface area contributed by atoms with Gasteiger partial charge < -0.3 is 10.6 Å². The molecule has 0 bridgehead atoms. The number of benzene rings is 1. The van der Waals surface area contributed by atoms with E-state index in [1.807, 2.05) is 0 Å². The van der Waals surface area contributed by atoms with Crippen molar-refractivity contribution in [3.05, 3.63) is 35.4 Å². The van der Waals surface area contributed by atoms with Crippen LogP contribution in [0.2, 0.25) is 0 Å². The van der Waals surface area contributed by atoms with E-state index in [-0.39, 0.29) is 0 Å². The lowest BCUT2D eigenvalue weighted by Gasteiger charge is -2.13. The Morgan fingerprint density at radius 1 is 1.33 bits per heavy atom. The zero-order valence-electron chi connectivity index (χ0n) is 11.1. The first-order valence-electron chi connectivity index (χ1n) is 6.97. The number of nitrogens with one attached hydrogen (secondary N) is 2. The number of rotatable bonds is 3. The quantitative estimate of drug-likeness (QED) is 0.628. The number of nitrogens with zero attached hydrogens (tertiary/aromatic N) is 1. The van der Waals surface area contributed by atoms with Gasteiger partial charge >= 0.3 is 0 Å². The van der Waals surface area contributed by atoms with Crippen LogP contribution in [0.4, 0.5) is 0 Å². The molecule has 0 amide bonds. The molecule has 1 aromatic rings. The minimum atomic E-state index is 0.587. The zero-order chi connectivity index (χ0) is 12.5.